The molecule has 1 atom stereocenters. The Morgan fingerprint density at radius 3 is 1.88 bits per heavy atom. The molecule has 0 amide bonds. The molecule has 0 aliphatic heterocycles. The summed E-state index contributed by atoms with van der Waals surface area (Å²) < 4.78 is 50.8. The quantitative estimate of drug-likeness (QED) is 0.827. The summed E-state index contributed by atoms with van der Waals surface area (Å²) in [5, 5.41) is 9.65. The van der Waals surface area contributed by atoms with Crippen LogP contribution in [0.5, 0.6) is 23.0 Å². The van der Waals surface area contributed by atoms with Crippen LogP contribution in [0, 0.1) is 0 Å². The van der Waals surface area contributed by atoms with Crippen LogP contribution < -0.4 is 19.9 Å². The van der Waals surface area contributed by atoms with Crippen LogP contribution in [0.1, 0.15) is 17.2 Å². The van der Waals surface area contributed by atoms with Crippen LogP contribution in [0.4, 0.5) is 13.2 Å². The van der Waals surface area contributed by atoms with Crippen molar-refractivity contribution in [2.24, 2.45) is 5.73 Å². The maximum absolute atomic E-state index is 12.2. The molecule has 25 heavy (non-hydrogen) atoms. The zero-order valence-corrected chi connectivity index (χ0v) is 14.1. The number of alkyl halides is 3. The lowest BCUT2D eigenvalue weighted by Crippen LogP contribution is -2.17. The highest BCUT2D eigenvalue weighted by atomic mass is 35.5. The van der Waals surface area contributed by atoms with Gasteiger partial charge in [0, 0.05) is 12.1 Å². The molecule has 5 nitrogen and oxygen atoms in total. The van der Waals surface area contributed by atoms with Gasteiger partial charge in [0.15, 0.2) is 0 Å². The van der Waals surface area contributed by atoms with E-state index in [-0.39, 0.29) is 23.9 Å². The first kappa shape index (κ1) is 20.7. The normalized spacial score (nSPS) is 12.1. The second-order valence-electron chi connectivity index (χ2n) is 4.86. The average Bonchev–Trinajstić information content (AvgIpc) is 2.52. The van der Waals surface area contributed by atoms with E-state index in [9.17, 15) is 18.3 Å². The summed E-state index contributed by atoms with van der Waals surface area (Å²) in [4.78, 5) is 0. The molecule has 0 heterocycles. The van der Waals surface area contributed by atoms with Gasteiger partial charge in [-0.15, -0.1) is 25.6 Å². The minimum absolute atomic E-state index is 0. The number of halogens is 4. The molecule has 0 saturated carbocycles. The molecule has 0 fully saturated rings. The number of ether oxygens (including phenoxy) is 3. The van der Waals surface area contributed by atoms with E-state index in [0.717, 1.165) is 0 Å². The van der Waals surface area contributed by atoms with E-state index in [1.54, 1.807) is 0 Å². The molecule has 2 aromatic carbocycles. The van der Waals surface area contributed by atoms with Crippen molar-refractivity contribution in [1.29, 1.82) is 0 Å². The predicted molar refractivity (Wildman–Crippen MR) is 87.6 cm³/mol. The van der Waals surface area contributed by atoms with E-state index in [1.165, 1.54) is 50.6 Å². The summed E-state index contributed by atoms with van der Waals surface area (Å²) in [5.74, 6) is 0.196. The second kappa shape index (κ2) is 8.17. The maximum atomic E-state index is 12.2. The fraction of sp³-hybridized carbons (Fsp3) is 0.250. The first-order chi connectivity index (χ1) is 11.2. The number of methoxy groups -OCH3 is 2. The molecular weight excluding hydrogens is 363 g/mol. The fourth-order valence-corrected chi connectivity index (χ4v) is 2.28. The summed E-state index contributed by atoms with van der Waals surface area (Å²) in [6.45, 7) is 0. The Kier molecular flexibility index (Phi) is 6.78. The number of hydrogen-bond donors (Lipinski definition) is 2. The van der Waals surface area contributed by atoms with Crippen LogP contribution in [0.25, 0.3) is 0 Å². The Balaban J connectivity index is 0.00000312. The summed E-state index contributed by atoms with van der Waals surface area (Å²) >= 11 is 0. The van der Waals surface area contributed by atoms with Gasteiger partial charge in [-0.25, -0.2) is 0 Å². The van der Waals surface area contributed by atoms with E-state index >= 15 is 0 Å². The highest BCUT2D eigenvalue weighted by Gasteiger charge is 2.31. The van der Waals surface area contributed by atoms with Gasteiger partial charge in [0.25, 0.3) is 0 Å². The Morgan fingerprint density at radius 1 is 1.00 bits per heavy atom. The molecule has 0 aliphatic rings. The zero-order chi connectivity index (χ0) is 17.9. The van der Waals surface area contributed by atoms with Crippen molar-refractivity contribution in [3.05, 3.63) is 47.5 Å². The van der Waals surface area contributed by atoms with Gasteiger partial charge >= 0.3 is 6.36 Å². The monoisotopic (exact) mass is 379 g/mol. The number of hydrogen-bond acceptors (Lipinski definition) is 5. The Morgan fingerprint density at radius 2 is 1.48 bits per heavy atom. The molecular formula is C16H17ClF3NO4. The van der Waals surface area contributed by atoms with Crippen LogP contribution in [-0.4, -0.2) is 25.7 Å². The van der Waals surface area contributed by atoms with Crippen molar-refractivity contribution in [1.82, 2.24) is 0 Å². The lowest BCUT2D eigenvalue weighted by molar-refractivity contribution is -0.274. The molecule has 2 aromatic rings. The molecule has 9 heteroatoms. The van der Waals surface area contributed by atoms with Gasteiger partial charge in [-0.05, 0) is 17.7 Å². The smallest absolute Gasteiger partial charge is 0.508 e. The van der Waals surface area contributed by atoms with E-state index in [0.29, 0.717) is 22.6 Å². The SMILES string of the molecule is COc1cc(O)cc(OC)c1[C@@H](N)c1ccc(OC(F)(F)F)cc1.Cl. The Hall–Kier alpha value is -2.32. The third-order valence-electron chi connectivity index (χ3n) is 3.31. The van der Waals surface area contributed by atoms with Crippen molar-refractivity contribution in [3.8, 4) is 23.0 Å². The molecule has 0 bridgehead atoms. The molecule has 0 spiro atoms. The van der Waals surface area contributed by atoms with E-state index < -0.39 is 12.4 Å². The van der Waals surface area contributed by atoms with Crippen LogP contribution in [0.3, 0.4) is 0 Å². The van der Waals surface area contributed by atoms with Crippen molar-refractivity contribution in [2.75, 3.05) is 14.2 Å². The molecule has 0 saturated heterocycles. The van der Waals surface area contributed by atoms with E-state index in [4.69, 9.17) is 15.2 Å². The number of benzene rings is 2. The Labute approximate surface area is 148 Å². The zero-order valence-electron chi connectivity index (χ0n) is 13.3. The maximum Gasteiger partial charge on any atom is 0.573 e. The van der Waals surface area contributed by atoms with Crippen LogP contribution in [0.2, 0.25) is 0 Å². The first-order valence-corrected chi connectivity index (χ1v) is 6.81. The van der Waals surface area contributed by atoms with Crippen LogP contribution >= 0.6 is 12.4 Å². The molecule has 0 aliphatic carbocycles. The highest BCUT2D eigenvalue weighted by molar-refractivity contribution is 5.85. The molecule has 2 rings (SSSR count). The number of aromatic hydroxyl groups is 1. The van der Waals surface area contributed by atoms with Gasteiger partial charge in [0.05, 0.1) is 25.8 Å². The number of phenols is 1. The van der Waals surface area contributed by atoms with Gasteiger partial charge in [-0.2, -0.15) is 0 Å². The third-order valence-corrected chi connectivity index (χ3v) is 3.31. The lowest BCUT2D eigenvalue weighted by atomic mass is 9.97. The molecule has 3 N–H and O–H groups in total. The summed E-state index contributed by atoms with van der Waals surface area (Å²) in [6, 6.07) is 7.17. The largest absolute Gasteiger partial charge is 0.573 e. The minimum Gasteiger partial charge on any atom is -0.508 e. The van der Waals surface area contributed by atoms with E-state index in [2.05, 4.69) is 4.74 Å². The van der Waals surface area contributed by atoms with Gasteiger partial charge in [-0.1, -0.05) is 12.1 Å². The number of phenolic OH excluding ortho intramolecular Hbond substituents is 1. The fourth-order valence-electron chi connectivity index (χ4n) is 2.28. The number of nitrogens with two attached hydrogens (primary N) is 1. The molecule has 0 aromatic heterocycles. The van der Waals surface area contributed by atoms with Crippen LogP contribution in [0.15, 0.2) is 36.4 Å². The van der Waals surface area contributed by atoms with Crippen molar-refractivity contribution in [3.63, 3.8) is 0 Å². The van der Waals surface area contributed by atoms with Gasteiger partial charge < -0.3 is 25.1 Å². The van der Waals surface area contributed by atoms with Crippen molar-refractivity contribution in [2.45, 2.75) is 12.4 Å². The van der Waals surface area contributed by atoms with Gasteiger partial charge in [-0.3, -0.25) is 0 Å². The molecule has 0 unspecified atom stereocenters. The second-order valence-corrected chi connectivity index (χ2v) is 4.86. The highest BCUT2D eigenvalue weighted by Crippen LogP contribution is 2.39. The summed E-state index contributed by atoms with van der Waals surface area (Å²) in [6.07, 6.45) is -4.76. The van der Waals surface area contributed by atoms with E-state index in [1.807, 2.05) is 0 Å². The topological polar surface area (TPSA) is 73.9 Å². The summed E-state index contributed by atoms with van der Waals surface area (Å²) in [5.41, 5.74) is 7.17. The standard InChI is InChI=1S/C16H16F3NO4.ClH/c1-22-12-7-10(21)8-13(23-2)14(12)15(20)9-3-5-11(6-4-9)24-16(17,18)19;/h3-8,15,21H,20H2,1-2H3;1H/t15-;/m0./s1. The molecule has 138 valence electrons. The average molecular weight is 380 g/mol. The number of rotatable bonds is 5. The van der Waals surface area contributed by atoms with Gasteiger partial charge in [0.1, 0.15) is 23.0 Å². The van der Waals surface area contributed by atoms with Gasteiger partial charge in [0.2, 0.25) is 0 Å². The third kappa shape index (κ3) is 5.07. The summed E-state index contributed by atoms with van der Waals surface area (Å²) in [7, 11) is 2.81. The lowest BCUT2D eigenvalue weighted by Gasteiger charge is -2.20. The Bertz CT molecular complexity index is 683. The minimum atomic E-state index is -4.76. The van der Waals surface area contributed by atoms with Crippen molar-refractivity contribution < 1.29 is 32.5 Å². The predicted octanol–water partition coefficient (Wildman–Crippen LogP) is 3.78. The van der Waals surface area contributed by atoms with Crippen LogP contribution in [-0.2, 0) is 0 Å². The molecule has 0 radical (unpaired) electrons. The first-order valence-electron chi connectivity index (χ1n) is 6.81. The van der Waals surface area contributed by atoms with Crippen molar-refractivity contribution >= 4 is 12.4 Å².